The minimum Gasteiger partial charge on any atom is -0.465 e. The highest BCUT2D eigenvalue weighted by atomic mass is 32.1. The van der Waals surface area contributed by atoms with E-state index in [1.807, 2.05) is 0 Å². The molecule has 2 heterocycles. The molecule has 0 unspecified atom stereocenters. The first-order valence-corrected chi connectivity index (χ1v) is 9.62. The molecule has 0 aliphatic carbocycles. The van der Waals surface area contributed by atoms with Crippen molar-refractivity contribution in [2.75, 3.05) is 7.11 Å². The standard InChI is InChI=1S/C20H18F3N3O3S/c1-11-8-12(2)26(25-11)14-5-4-13(15(9-14)20(21,22)23)10-24-18(27)16-6-7-17(30-16)19(28)29-3/h4-9H,10H2,1-3H3,(H,24,27). The highest BCUT2D eigenvalue weighted by Gasteiger charge is 2.34. The summed E-state index contributed by atoms with van der Waals surface area (Å²) in [4.78, 5) is 24.2. The van der Waals surface area contributed by atoms with Crippen LogP contribution in [0.25, 0.3) is 5.69 Å². The Morgan fingerprint density at radius 2 is 1.83 bits per heavy atom. The third kappa shape index (κ3) is 4.54. The number of esters is 1. The summed E-state index contributed by atoms with van der Waals surface area (Å²) in [6, 6.07) is 8.48. The third-order valence-corrected chi connectivity index (χ3v) is 5.37. The van der Waals surface area contributed by atoms with E-state index in [2.05, 4.69) is 15.2 Å². The van der Waals surface area contributed by atoms with Gasteiger partial charge in [-0.25, -0.2) is 9.48 Å². The molecule has 158 valence electrons. The average Bonchev–Trinajstić information content (AvgIpc) is 3.31. The maximum atomic E-state index is 13.6. The molecule has 3 aromatic rings. The van der Waals surface area contributed by atoms with Crippen molar-refractivity contribution in [2.24, 2.45) is 0 Å². The quantitative estimate of drug-likeness (QED) is 0.605. The molecule has 6 nitrogen and oxygen atoms in total. The fraction of sp³-hybridized carbons (Fsp3) is 0.250. The average molecular weight is 437 g/mol. The number of carbonyl (C=O) groups is 2. The number of aryl methyl sites for hydroxylation is 2. The van der Waals surface area contributed by atoms with Crippen LogP contribution in [0.2, 0.25) is 0 Å². The number of thiophene rings is 1. The van der Waals surface area contributed by atoms with Crippen LogP contribution in [-0.4, -0.2) is 28.8 Å². The molecule has 0 aliphatic heterocycles. The van der Waals surface area contributed by atoms with Crippen LogP contribution in [0.3, 0.4) is 0 Å². The fourth-order valence-corrected chi connectivity index (χ4v) is 3.78. The van der Waals surface area contributed by atoms with Crippen molar-refractivity contribution in [2.45, 2.75) is 26.6 Å². The van der Waals surface area contributed by atoms with Gasteiger partial charge in [0.15, 0.2) is 0 Å². The first kappa shape index (κ1) is 21.6. The van der Waals surface area contributed by atoms with Crippen LogP contribution in [0.5, 0.6) is 0 Å². The molecule has 0 atom stereocenters. The van der Waals surface area contributed by atoms with E-state index >= 15 is 0 Å². The van der Waals surface area contributed by atoms with Crippen LogP contribution in [0.4, 0.5) is 13.2 Å². The molecule has 2 aromatic heterocycles. The lowest BCUT2D eigenvalue weighted by Gasteiger charge is -2.15. The lowest BCUT2D eigenvalue weighted by Crippen LogP contribution is -2.24. The molecule has 0 spiro atoms. The zero-order chi connectivity index (χ0) is 22.1. The molecule has 30 heavy (non-hydrogen) atoms. The highest BCUT2D eigenvalue weighted by molar-refractivity contribution is 7.15. The minimum absolute atomic E-state index is 0.0779. The van der Waals surface area contributed by atoms with Crippen molar-refractivity contribution in [1.82, 2.24) is 15.1 Å². The summed E-state index contributed by atoms with van der Waals surface area (Å²) in [5, 5.41) is 6.68. The van der Waals surface area contributed by atoms with Gasteiger partial charge in [0.05, 0.1) is 28.9 Å². The van der Waals surface area contributed by atoms with Gasteiger partial charge in [0.1, 0.15) is 4.88 Å². The van der Waals surface area contributed by atoms with E-state index in [-0.39, 0.29) is 27.5 Å². The molecule has 3 rings (SSSR count). The Kier molecular flexibility index (Phi) is 5.97. The Balaban J connectivity index is 1.83. The number of methoxy groups -OCH3 is 1. The van der Waals surface area contributed by atoms with Gasteiger partial charge in [-0.05, 0) is 49.7 Å². The van der Waals surface area contributed by atoms with Crippen LogP contribution in [-0.2, 0) is 17.5 Å². The van der Waals surface area contributed by atoms with E-state index < -0.39 is 23.6 Å². The number of hydrogen-bond donors (Lipinski definition) is 1. The number of hydrogen-bond acceptors (Lipinski definition) is 5. The monoisotopic (exact) mass is 437 g/mol. The first-order chi connectivity index (χ1) is 14.1. The number of halogens is 3. The second-order valence-electron chi connectivity index (χ2n) is 6.52. The summed E-state index contributed by atoms with van der Waals surface area (Å²) in [5.41, 5.74) is 0.754. The van der Waals surface area contributed by atoms with Crippen LogP contribution in [0, 0.1) is 13.8 Å². The van der Waals surface area contributed by atoms with Gasteiger partial charge in [0, 0.05) is 12.2 Å². The van der Waals surface area contributed by atoms with Crippen LogP contribution in [0.1, 0.15) is 41.9 Å². The van der Waals surface area contributed by atoms with Crippen molar-refractivity contribution in [3.63, 3.8) is 0 Å². The number of rotatable bonds is 5. The Hall–Kier alpha value is -3.14. The zero-order valence-corrected chi connectivity index (χ0v) is 17.1. The number of aromatic nitrogens is 2. The molecule has 0 radical (unpaired) electrons. The van der Waals surface area contributed by atoms with Gasteiger partial charge < -0.3 is 10.1 Å². The van der Waals surface area contributed by atoms with Gasteiger partial charge in [0.2, 0.25) is 0 Å². The molecule has 1 amide bonds. The van der Waals surface area contributed by atoms with E-state index in [0.29, 0.717) is 11.4 Å². The van der Waals surface area contributed by atoms with Gasteiger partial charge in [0.25, 0.3) is 5.91 Å². The lowest BCUT2D eigenvalue weighted by atomic mass is 10.1. The number of nitrogens with one attached hydrogen (secondary N) is 1. The number of nitrogens with zero attached hydrogens (tertiary/aromatic N) is 2. The smallest absolute Gasteiger partial charge is 0.416 e. The summed E-state index contributed by atoms with van der Waals surface area (Å²) in [6.45, 7) is 3.19. The maximum Gasteiger partial charge on any atom is 0.416 e. The molecule has 0 aliphatic rings. The largest absolute Gasteiger partial charge is 0.465 e. The molecule has 0 bridgehead atoms. The Labute approximate surface area is 174 Å². The number of alkyl halides is 3. The van der Waals surface area contributed by atoms with Crippen molar-refractivity contribution < 1.29 is 27.5 Å². The van der Waals surface area contributed by atoms with E-state index in [1.54, 1.807) is 19.9 Å². The van der Waals surface area contributed by atoms with Crippen molar-refractivity contribution in [1.29, 1.82) is 0 Å². The summed E-state index contributed by atoms with van der Waals surface area (Å²) < 4.78 is 46.9. The van der Waals surface area contributed by atoms with E-state index in [9.17, 15) is 22.8 Å². The van der Waals surface area contributed by atoms with Crippen LogP contribution in [0.15, 0.2) is 36.4 Å². The molecule has 10 heteroatoms. The second kappa shape index (κ2) is 8.31. The van der Waals surface area contributed by atoms with Crippen molar-refractivity contribution in [3.05, 3.63) is 68.7 Å². The van der Waals surface area contributed by atoms with E-state index in [1.165, 1.54) is 36.1 Å². The summed E-state index contributed by atoms with van der Waals surface area (Å²) in [6.07, 6.45) is -4.60. The predicted octanol–water partition coefficient (Wildman–Crippen LogP) is 4.29. The SMILES string of the molecule is COC(=O)c1ccc(C(=O)NCc2ccc(-n3nc(C)cc3C)cc2C(F)(F)F)s1. The summed E-state index contributed by atoms with van der Waals surface area (Å²) >= 11 is 0.902. The minimum atomic E-state index is -4.60. The van der Waals surface area contributed by atoms with Crippen molar-refractivity contribution >= 4 is 23.2 Å². The normalized spacial score (nSPS) is 11.4. The van der Waals surface area contributed by atoms with Crippen LogP contribution >= 0.6 is 11.3 Å². The summed E-state index contributed by atoms with van der Waals surface area (Å²) in [5.74, 6) is -1.16. The van der Waals surface area contributed by atoms with E-state index in [0.717, 1.165) is 17.4 Å². The predicted molar refractivity (Wildman–Crippen MR) is 105 cm³/mol. The molecular formula is C20H18F3N3O3S. The summed E-state index contributed by atoms with van der Waals surface area (Å²) in [7, 11) is 1.22. The van der Waals surface area contributed by atoms with E-state index in [4.69, 9.17) is 0 Å². The van der Waals surface area contributed by atoms with Gasteiger partial charge in [-0.2, -0.15) is 18.3 Å². The Morgan fingerprint density at radius 3 is 2.43 bits per heavy atom. The fourth-order valence-electron chi connectivity index (χ4n) is 2.94. The van der Waals surface area contributed by atoms with Gasteiger partial charge in [-0.15, -0.1) is 11.3 Å². The first-order valence-electron chi connectivity index (χ1n) is 8.80. The topological polar surface area (TPSA) is 73.2 Å². The lowest BCUT2D eigenvalue weighted by molar-refractivity contribution is -0.138. The van der Waals surface area contributed by atoms with Gasteiger partial charge in [-0.1, -0.05) is 6.07 Å². The number of ether oxygens (including phenoxy) is 1. The molecular weight excluding hydrogens is 419 g/mol. The molecule has 0 saturated heterocycles. The molecule has 0 saturated carbocycles. The number of carbonyl (C=O) groups excluding carboxylic acids is 2. The molecule has 0 fully saturated rings. The Bertz CT molecular complexity index is 1100. The molecule has 1 aromatic carbocycles. The van der Waals surface area contributed by atoms with Gasteiger partial charge in [-0.3, -0.25) is 4.79 Å². The highest BCUT2D eigenvalue weighted by Crippen LogP contribution is 2.33. The second-order valence-corrected chi connectivity index (χ2v) is 7.60. The third-order valence-electron chi connectivity index (χ3n) is 4.31. The van der Waals surface area contributed by atoms with Crippen molar-refractivity contribution in [3.8, 4) is 5.69 Å². The number of benzene rings is 1. The number of amides is 1. The Morgan fingerprint density at radius 1 is 1.13 bits per heavy atom. The zero-order valence-electron chi connectivity index (χ0n) is 16.3. The molecule has 1 N–H and O–H groups in total. The van der Waals surface area contributed by atoms with Crippen LogP contribution < -0.4 is 5.32 Å². The maximum absolute atomic E-state index is 13.6. The van der Waals surface area contributed by atoms with Gasteiger partial charge >= 0.3 is 12.1 Å².